The van der Waals surface area contributed by atoms with E-state index in [9.17, 15) is 28.6 Å². The molecule has 422 valence electrons. The minimum Gasteiger partial charge on any atom is -0.461 e. The van der Waals surface area contributed by atoms with Gasteiger partial charge in [-0.15, -0.1) is 0 Å². The summed E-state index contributed by atoms with van der Waals surface area (Å²) in [5.74, 6) is -1.38. The molecule has 0 saturated heterocycles. The molecule has 75 heavy (non-hydrogen) atoms. The van der Waals surface area contributed by atoms with Crippen molar-refractivity contribution < 1.29 is 51.8 Å². The van der Waals surface area contributed by atoms with Gasteiger partial charge in [0.15, 0.2) is 17.2 Å². The van der Waals surface area contributed by atoms with Crippen molar-refractivity contribution in [2.75, 3.05) is 39.3 Å². The summed E-state index contributed by atoms with van der Waals surface area (Å²) >= 11 is 0. The number of fused-ring (bicyclic) bond motifs is 1. The fourth-order valence-corrected chi connectivity index (χ4v) is 9.11. The fourth-order valence-electron chi connectivity index (χ4n) is 8.37. The summed E-state index contributed by atoms with van der Waals surface area (Å²) in [4.78, 5) is 73.3. The molecule has 2 heterocycles. The van der Waals surface area contributed by atoms with E-state index in [-0.39, 0.29) is 74.2 Å². The van der Waals surface area contributed by atoms with E-state index in [2.05, 4.69) is 53.1 Å². The Morgan fingerprint density at radius 1 is 0.653 bits per heavy atom. The number of nitrogens with two attached hydrogens (primary N) is 1. The van der Waals surface area contributed by atoms with Gasteiger partial charge in [-0.2, -0.15) is 9.97 Å². The van der Waals surface area contributed by atoms with Gasteiger partial charge < -0.3 is 34.6 Å². The average Bonchev–Trinajstić information content (AvgIpc) is 3.71. The van der Waals surface area contributed by atoms with E-state index < -0.39 is 38.3 Å². The monoisotopic (exact) mass is 1070 g/mol. The number of imidazole rings is 1. The third-order valence-electron chi connectivity index (χ3n) is 12.8. The molecule has 3 rings (SSSR count). The Morgan fingerprint density at radius 2 is 1.15 bits per heavy atom. The number of benzene rings is 1. The van der Waals surface area contributed by atoms with Gasteiger partial charge >= 0.3 is 31.5 Å². The first-order chi connectivity index (χ1) is 36.5. The zero-order valence-corrected chi connectivity index (χ0v) is 46.6. The summed E-state index contributed by atoms with van der Waals surface area (Å²) < 4.78 is 46.0. The number of unbranched alkanes of at least 4 members (excludes halogenated alkanes) is 22. The highest BCUT2D eigenvalue weighted by atomic mass is 31.2. The van der Waals surface area contributed by atoms with Gasteiger partial charge in [0.25, 0.3) is 6.29 Å². The first-order valence-corrected chi connectivity index (χ1v) is 29.8. The van der Waals surface area contributed by atoms with Gasteiger partial charge in [0, 0.05) is 31.9 Å². The highest BCUT2D eigenvalue weighted by molar-refractivity contribution is 7.47. The fraction of sp³-hybridized carbons (Fsp3) is 0.684. The maximum absolute atomic E-state index is 13.0. The number of ether oxygens (including phenoxy) is 4. The Labute approximate surface area is 447 Å². The zero-order chi connectivity index (χ0) is 54.2. The molecule has 17 nitrogen and oxygen atoms in total. The number of aromatic amines is 1. The van der Waals surface area contributed by atoms with Crippen LogP contribution in [-0.2, 0) is 44.0 Å². The van der Waals surface area contributed by atoms with Gasteiger partial charge in [-0.1, -0.05) is 165 Å². The number of carbonyl (C=O) groups excluding carboxylic acids is 3. The summed E-state index contributed by atoms with van der Waals surface area (Å²) in [6, 6.07) is 6.67. The number of rotatable bonds is 47. The Morgan fingerprint density at radius 3 is 1.65 bits per heavy atom. The maximum Gasteiger partial charge on any atom is 0.472 e. The Hall–Kier alpha value is -4.67. The molecule has 0 radical (unpaired) electrons. The topological polar surface area (TPSA) is 233 Å². The molecule has 0 spiro atoms. The van der Waals surface area contributed by atoms with E-state index in [4.69, 9.17) is 33.7 Å². The first-order valence-electron chi connectivity index (χ1n) is 28.3. The predicted octanol–water partition coefficient (Wildman–Crippen LogP) is 13.4. The smallest absolute Gasteiger partial charge is 0.461 e. The van der Waals surface area contributed by atoms with E-state index in [0.29, 0.717) is 30.6 Å². The lowest BCUT2D eigenvalue weighted by atomic mass is 10.0. The van der Waals surface area contributed by atoms with Crippen LogP contribution in [0.3, 0.4) is 0 Å². The number of carbonyl (C=O) groups is 3. The number of anilines is 1. The van der Waals surface area contributed by atoms with E-state index in [1.165, 1.54) is 88.7 Å². The van der Waals surface area contributed by atoms with Crippen molar-refractivity contribution in [3.8, 4) is 6.01 Å². The molecule has 0 aliphatic rings. The highest BCUT2D eigenvalue weighted by Gasteiger charge is 2.27. The number of methoxy groups -OCH3 is 1. The van der Waals surface area contributed by atoms with E-state index in [0.717, 1.165) is 77.0 Å². The van der Waals surface area contributed by atoms with Crippen LogP contribution in [0.4, 0.5) is 5.82 Å². The molecule has 2 aromatic heterocycles. The number of hydrogen-bond acceptors (Lipinski definition) is 14. The van der Waals surface area contributed by atoms with Crippen LogP contribution in [-0.4, -0.2) is 82.0 Å². The van der Waals surface area contributed by atoms with Crippen LogP contribution in [0.1, 0.15) is 222 Å². The van der Waals surface area contributed by atoms with Gasteiger partial charge in [0.1, 0.15) is 18.7 Å². The molecule has 1 atom stereocenters. The Kier molecular flexibility index (Phi) is 34.9. The van der Waals surface area contributed by atoms with Crippen molar-refractivity contribution in [3.63, 3.8) is 0 Å². The summed E-state index contributed by atoms with van der Waals surface area (Å²) in [6.07, 6.45) is 37.1. The molecular formula is C57H92N5O12P. The minimum absolute atomic E-state index is 0.00294. The standard InChI is InChI=1S/C57H92N5O12P/c1-4-6-8-10-12-14-16-18-20-22-24-26-28-30-32-36-50(64)73-52(74-51(65)37-33-31-29-27-25-23-21-19-17-15-13-11-9-7-5-2)46-72-75(67,68)71-42-34-35-49(63)48-40-38-47(39-41-48)45-62-55-53(59-57(62)66)54(58)60-56(61-55)70-44-43-69-3/h18-21,38-41,52H,4-17,22-37,42-46H2,1-3H3,(H,59,66)(H,67,68)(H2,58,60,61). The highest BCUT2D eigenvalue weighted by Crippen LogP contribution is 2.43. The molecular weight excluding hydrogens is 978 g/mol. The lowest BCUT2D eigenvalue weighted by Crippen LogP contribution is -2.29. The average molecular weight is 1070 g/mol. The van der Waals surface area contributed by atoms with Crippen molar-refractivity contribution in [2.24, 2.45) is 0 Å². The Bertz CT molecular complexity index is 2140. The lowest BCUT2D eigenvalue weighted by molar-refractivity contribution is -0.193. The number of esters is 2. The van der Waals surface area contributed by atoms with Crippen molar-refractivity contribution in [2.45, 2.75) is 219 Å². The molecule has 0 bridgehead atoms. The number of allylic oxidation sites excluding steroid dienone is 4. The molecule has 0 amide bonds. The molecule has 4 N–H and O–H groups in total. The van der Waals surface area contributed by atoms with Crippen LogP contribution in [0.15, 0.2) is 53.4 Å². The molecule has 18 heteroatoms. The summed E-state index contributed by atoms with van der Waals surface area (Å²) in [5, 5.41) is 0. The largest absolute Gasteiger partial charge is 0.472 e. The number of nitrogens with zero attached hydrogens (tertiary/aromatic N) is 3. The second-order valence-corrected chi connectivity index (χ2v) is 20.8. The third kappa shape index (κ3) is 30.0. The van der Waals surface area contributed by atoms with Gasteiger partial charge in [0.05, 0.1) is 19.8 Å². The molecule has 1 aromatic carbocycles. The maximum atomic E-state index is 13.0. The number of phosphoric ester groups is 1. The molecule has 0 aliphatic carbocycles. The molecule has 0 saturated carbocycles. The molecule has 0 aliphatic heterocycles. The Balaban J connectivity index is 1.41. The predicted molar refractivity (Wildman–Crippen MR) is 296 cm³/mol. The lowest BCUT2D eigenvalue weighted by Gasteiger charge is -2.20. The second-order valence-electron chi connectivity index (χ2n) is 19.3. The van der Waals surface area contributed by atoms with Gasteiger partial charge in [-0.05, 0) is 76.2 Å². The van der Waals surface area contributed by atoms with Crippen LogP contribution in [0.25, 0.3) is 11.2 Å². The first kappa shape index (κ1) is 64.6. The summed E-state index contributed by atoms with van der Waals surface area (Å²) in [6.45, 7) is 4.10. The number of hydrogen-bond donors (Lipinski definition) is 3. The zero-order valence-electron chi connectivity index (χ0n) is 45.7. The number of ketones is 1. The van der Waals surface area contributed by atoms with Gasteiger partial charge in [0.2, 0.25) is 0 Å². The van der Waals surface area contributed by atoms with E-state index in [1.54, 1.807) is 24.3 Å². The number of nitrogen functional groups attached to an aromatic ring is 1. The number of aromatic nitrogens is 4. The van der Waals surface area contributed by atoms with E-state index >= 15 is 0 Å². The minimum atomic E-state index is -4.71. The van der Waals surface area contributed by atoms with Crippen LogP contribution in [0, 0.1) is 0 Å². The molecule has 0 fully saturated rings. The summed E-state index contributed by atoms with van der Waals surface area (Å²) in [5.41, 5.74) is 7.24. The van der Waals surface area contributed by atoms with Gasteiger partial charge in [-0.25, -0.2) is 9.36 Å². The summed E-state index contributed by atoms with van der Waals surface area (Å²) in [7, 11) is -3.17. The van der Waals surface area contributed by atoms with Crippen molar-refractivity contribution in [1.82, 2.24) is 19.5 Å². The van der Waals surface area contributed by atoms with E-state index in [1.807, 2.05) is 0 Å². The SMILES string of the molecule is CCCCCCCCC=CCCCCCCCC(=O)OC(COP(=O)(O)OCCCC(=O)c1ccc(Cn2c(=O)[nH]c3c(N)nc(OCCOC)nc32)cc1)OC(=O)CCCCCCCC=CCCCCCCCC. The van der Waals surface area contributed by atoms with Crippen LogP contribution < -0.4 is 16.2 Å². The number of H-pyrrole nitrogens is 1. The molecule has 1 unspecified atom stereocenters. The number of phosphoric acid groups is 1. The number of Topliss-reactive ketones (excluding diaryl/α,β-unsaturated/α-hetero) is 1. The quantitative estimate of drug-likeness (QED) is 0.0119. The van der Waals surface area contributed by atoms with Crippen LogP contribution in [0.2, 0.25) is 0 Å². The van der Waals surface area contributed by atoms with Crippen molar-refractivity contribution in [1.29, 1.82) is 0 Å². The molecule has 3 aromatic rings. The van der Waals surface area contributed by atoms with Crippen molar-refractivity contribution in [3.05, 3.63) is 70.2 Å². The third-order valence-corrected chi connectivity index (χ3v) is 13.7. The number of nitrogens with one attached hydrogen (secondary N) is 1. The normalized spacial score (nSPS) is 13.0. The second kappa shape index (κ2) is 40.6. The van der Waals surface area contributed by atoms with Gasteiger partial charge in [-0.3, -0.25) is 28.0 Å². The van der Waals surface area contributed by atoms with Crippen LogP contribution in [0.5, 0.6) is 6.01 Å². The van der Waals surface area contributed by atoms with Crippen LogP contribution >= 0.6 is 7.82 Å². The van der Waals surface area contributed by atoms with Crippen molar-refractivity contribution >= 4 is 42.5 Å².